The third kappa shape index (κ3) is 4.81. The lowest BCUT2D eigenvalue weighted by atomic mass is 10.2. The van der Waals surface area contributed by atoms with Gasteiger partial charge in [0.15, 0.2) is 5.16 Å². The summed E-state index contributed by atoms with van der Waals surface area (Å²) in [5.41, 5.74) is 1.70. The minimum atomic E-state index is -0.0492. The van der Waals surface area contributed by atoms with Crippen LogP contribution < -0.4 is 5.56 Å². The first-order valence-corrected chi connectivity index (χ1v) is 10.3. The summed E-state index contributed by atoms with van der Waals surface area (Å²) in [5.74, 6) is 0.551. The van der Waals surface area contributed by atoms with Crippen molar-refractivity contribution in [1.82, 2.24) is 14.5 Å². The zero-order valence-electron chi connectivity index (χ0n) is 16.5. The molecule has 0 atom stereocenters. The highest BCUT2D eigenvalue weighted by Crippen LogP contribution is 2.19. The minimum Gasteiger partial charge on any atom is -0.341 e. The molecule has 0 saturated heterocycles. The van der Waals surface area contributed by atoms with Gasteiger partial charge in [0.05, 0.1) is 16.7 Å². The molecule has 2 aromatic carbocycles. The van der Waals surface area contributed by atoms with Crippen LogP contribution in [0.5, 0.6) is 0 Å². The third-order valence-corrected chi connectivity index (χ3v) is 5.35. The largest absolute Gasteiger partial charge is 0.341 e. The number of benzene rings is 2. The summed E-state index contributed by atoms with van der Waals surface area (Å²) in [6.07, 6.45) is 0. The third-order valence-electron chi connectivity index (χ3n) is 4.39. The van der Waals surface area contributed by atoms with E-state index in [0.717, 1.165) is 5.56 Å². The van der Waals surface area contributed by atoms with E-state index in [1.807, 2.05) is 48.5 Å². The van der Waals surface area contributed by atoms with Gasteiger partial charge in [-0.3, -0.25) is 14.2 Å². The molecule has 146 valence electrons. The molecule has 1 heterocycles. The molecule has 6 heteroatoms. The number of aromatic nitrogens is 2. The first kappa shape index (κ1) is 20.1. The number of carbonyl (C=O) groups is 1. The Kier molecular flexibility index (Phi) is 6.52. The monoisotopic (exact) mass is 395 g/mol. The Hall–Kier alpha value is -2.60. The number of hydrogen-bond acceptors (Lipinski definition) is 4. The average Bonchev–Trinajstić information content (AvgIpc) is 2.69. The fraction of sp³-hybridized carbons (Fsp3) is 0.318. The quantitative estimate of drug-likeness (QED) is 0.451. The predicted molar refractivity (Wildman–Crippen MR) is 114 cm³/mol. The highest BCUT2D eigenvalue weighted by atomic mass is 32.2. The maximum atomic E-state index is 12.9. The molecular formula is C22H25N3O2S. The summed E-state index contributed by atoms with van der Waals surface area (Å²) >= 11 is 1.33. The molecule has 0 aliphatic rings. The number of nitrogens with zero attached hydrogens (tertiary/aromatic N) is 3. The summed E-state index contributed by atoms with van der Waals surface area (Å²) in [6.45, 7) is 5.26. The second-order valence-corrected chi connectivity index (χ2v) is 8.19. The Labute approximate surface area is 169 Å². The molecule has 28 heavy (non-hydrogen) atoms. The normalized spacial score (nSPS) is 11.1. The van der Waals surface area contributed by atoms with Crippen LogP contribution in [0.25, 0.3) is 10.9 Å². The van der Waals surface area contributed by atoms with Crippen molar-refractivity contribution < 1.29 is 4.79 Å². The molecule has 1 aromatic heterocycles. The van der Waals surface area contributed by atoms with E-state index in [-0.39, 0.29) is 17.2 Å². The number of fused-ring (bicyclic) bond motifs is 1. The standard InChI is InChI=1S/C22H25N3O2S/c1-16(2)13-25-21(27)18-11-7-8-12-19(18)23-22(25)28-15-20(26)24(3)14-17-9-5-4-6-10-17/h4-12,16H,13-15H2,1-3H3. The van der Waals surface area contributed by atoms with Crippen molar-refractivity contribution in [2.75, 3.05) is 12.8 Å². The molecule has 0 unspecified atom stereocenters. The average molecular weight is 396 g/mol. The SMILES string of the molecule is CC(C)Cn1c(SCC(=O)N(C)Cc2ccccc2)nc2ccccc2c1=O. The van der Waals surface area contributed by atoms with E-state index >= 15 is 0 Å². The number of para-hydroxylation sites is 1. The van der Waals surface area contributed by atoms with Crippen LogP contribution in [0.1, 0.15) is 19.4 Å². The van der Waals surface area contributed by atoms with Gasteiger partial charge in [-0.1, -0.05) is 68.1 Å². The predicted octanol–water partition coefficient (Wildman–Crippen LogP) is 3.80. The van der Waals surface area contributed by atoms with Gasteiger partial charge in [-0.15, -0.1) is 0 Å². The van der Waals surface area contributed by atoms with Crippen LogP contribution >= 0.6 is 11.8 Å². The van der Waals surface area contributed by atoms with Crippen molar-refractivity contribution in [3.05, 3.63) is 70.5 Å². The van der Waals surface area contributed by atoms with Gasteiger partial charge in [0.2, 0.25) is 5.91 Å². The molecule has 0 fully saturated rings. The van der Waals surface area contributed by atoms with Gasteiger partial charge in [-0.2, -0.15) is 0 Å². The summed E-state index contributed by atoms with van der Waals surface area (Å²) in [5, 5.41) is 1.21. The fourth-order valence-corrected chi connectivity index (χ4v) is 3.92. The number of rotatable bonds is 7. The maximum absolute atomic E-state index is 12.9. The Bertz CT molecular complexity index is 1020. The van der Waals surface area contributed by atoms with Gasteiger partial charge in [0, 0.05) is 20.1 Å². The lowest BCUT2D eigenvalue weighted by molar-refractivity contribution is -0.127. The van der Waals surface area contributed by atoms with Crippen LogP contribution in [0.4, 0.5) is 0 Å². The Morgan fingerprint density at radius 1 is 1.11 bits per heavy atom. The van der Waals surface area contributed by atoms with E-state index in [9.17, 15) is 9.59 Å². The van der Waals surface area contributed by atoms with Crippen molar-refractivity contribution in [1.29, 1.82) is 0 Å². The van der Waals surface area contributed by atoms with Gasteiger partial charge in [-0.25, -0.2) is 4.98 Å². The van der Waals surface area contributed by atoms with Gasteiger partial charge >= 0.3 is 0 Å². The smallest absolute Gasteiger partial charge is 0.262 e. The van der Waals surface area contributed by atoms with Gasteiger partial charge in [-0.05, 0) is 23.6 Å². The minimum absolute atomic E-state index is 0.00681. The molecule has 5 nitrogen and oxygen atoms in total. The van der Waals surface area contributed by atoms with Crippen molar-refractivity contribution >= 4 is 28.6 Å². The summed E-state index contributed by atoms with van der Waals surface area (Å²) < 4.78 is 1.70. The van der Waals surface area contributed by atoms with E-state index in [1.54, 1.807) is 22.6 Å². The second-order valence-electron chi connectivity index (χ2n) is 7.25. The molecule has 0 spiro atoms. The molecule has 0 aliphatic carbocycles. The van der Waals surface area contributed by atoms with Crippen molar-refractivity contribution in [3.8, 4) is 0 Å². The molecular weight excluding hydrogens is 370 g/mol. The van der Waals surface area contributed by atoms with Crippen molar-refractivity contribution in [2.45, 2.75) is 32.1 Å². The van der Waals surface area contributed by atoms with Crippen LogP contribution in [-0.2, 0) is 17.9 Å². The summed E-state index contributed by atoms with van der Waals surface area (Å²) in [4.78, 5) is 31.9. The van der Waals surface area contributed by atoms with Crippen LogP contribution in [0.15, 0.2) is 64.5 Å². The molecule has 0 N–H and O–H groups in total. The van der Waals surface area contributed by atoms with E-state index in [1.165, 1.54) is 11.8 Å². The Balaban J connectivity index is 1.79. The summed E-state index contributed by atoms with van der Waals surface area (Å²) in [6, 6.07) is 17.2. The van der Waals surface area contributed by atoms with Gasteiger partial charge in [0.25, 0.3) is 5.56 Å². The number of amides is 1. The molecule has 3 rings (SSSR count). The summed E-state index contributed by atoms with van der Waals surface area (Å²) in [7, 11) is 1.80. The van der Waals surface area contributed by atoms with Crippen molar-refractivity contribution in [2.24, 2.45) is 5.92 Å². The second kappa shape index (κ2) is 9.06. The molecule has 0 aliphatic heterocycles. The highest BCUT2D eigenvalue weighted by molar-refractivity contribution is 7.99. The lowest BCUT2D eigenvalue weighted by Crippen LogP contribution is -2.29. The Morgan fingerprint density at radius 3 is 2.50 bits per heavy atom. The number of thioether (sulfide) groups is 1. The van der Waals surface area contributed by atoms with E-state index in [4.69, 9.17) is 0 Å². The van der Waals surface area contributed by atoms with Gasteiger partial charge in [0.1, 0.15) is 0 Å². The number of carbonyl (C=O) groups excluding carboxylic acids is 1. The molecule has 0 saturated carbocycles. The number of hydrogen-bond donors (Lipinski definition) is 0. The van der Waals surface area contributed by atoms with Crippen molar-refractivity contribution in [3.63, 3.8) is 0 Å². The van der Waals surface area contributed by atoms with Crippen LogP contribution in [-0.4, -0.2) is 33.2 Å². The maximum Gasteiger partial charge on any atom is 0.262 e. The Morgan fingerprint density at radius 2 is 1.79 bits per heavy atom. The topological polar surface area (TPSA) is 55.2 Å². The molecule has 3 aromatic rings. The molecule has 1 amide bonds. The van der Waals surface area contributed by atoms with E-state index in [2.05, 4.69) is 18.8 Å². The van der Waals surface area contributed by atoms with Crippen LogP contribution in [0.2, 0.25) is 0 Å². The van der Waals surface area contributed by atoms with Gasteiger partial charge < -0.3 is 4.90 Å². The molecule has 0 bridgehead atoms. The van der Waals surface area contributed by atoms with E-state index in [0.29, 0.717) is 35.1 Å². The molecule has 0 radical (unpaired) electrons. The fourth-order valence-electron chi connectivity index (χ4n) is 2.97. The lowest BCUT2D eigenvalue weighted by Gasteiger charge is -2.18. The zero-order valence-corrected chi connectivity index (χ0v) is 17.3. The highest BCUT2D eigenvalue weighted by Gasteiger charge is 2.16. The van der Waals surface area contributed by atoms with Crippen LogP contribution in [0, 0.1) is 5.92 Å². The van der Waals surface area contributed by atoms with Crippen LogP contribution in [0.3, 0.4) is 0 Å². The zero-order chi connectivity index (χ0) is 20.1. The first-order valence-electron chi connectivity index (χ1n) is 9.36. The first-order chi connectivity index (χ1) is 13.5. The van der Waals surface area contributed by atoms with E-state index < -0.39 is 0 Å².